The van der Waals surface area contributed by atoms with Gasteiger partial charge in [0.1, 0.15) is 21.2 Å². The van der Waals surface area contributed by atoms with Crippen molar-refractivity contribution in [3.63, 3.8) is 0 Å². The standard InChI is InChI=1S/C23H19N3O10S3.Cu/c1-3-37(29,30)26(2)14-8-7-13-11-20(39(34,35)36)21(23(28)17(13)12-14)25-24-18-10-9-15-16(22(18)27)5-4-6-19(15)38(31,32)33;/h3-12,27-28H,1H2,2H3,(H,31,32,33)(H,34,35,36);. The zero-order valence-corrected chi connectivity index (χ0v) is 23.5. The molecule has 13 nitrogen and oxygen atoms in total. The predicted octanol–water partition coefficient (Wildman–Crippen LogP) is 4.22. The first-order chi connectivity index (χ1) is 18.1. The number of hydrogen-bond acceptors (Lipinski definition) is 10. The van der Waals surface area contributed by atoms with Gasteiger partial charge < -0.3 is 10.2 Å². The number of hydrogen-bond donors (Lipinski definition) is 4. The van der Waals surface area contributed by atoms with Gasteiger partial charge in [-0.2, -0.15) is 16.8 Å². The van der Waals surface area contributed by atoms with E-state index in [2.05, 4.69) is 16.8 Å². The van der Waals surface area contributed by atoms with Gasteiger partial charge in [0.05, 0.1) is 5.69 Å². The van der Waals surface area contributed by atoms with E-state index in [0.29, 0.717) is 5.41 Å². The molecule has 0 unspecified atom stereocenters. The fraction of sp³-hybridized carbons (Fsp3) is 0.0435. The van der Waals surface area contributed by atoms with E-state index in [0.717, 1.165) is 22.5 Å². The molecule has 0 amide bonds. The Balaban J connectivity index is 0.00000441. The molecule has 0 saturated carbocycles. The Morgan fingerprint density at radius 1 is 0.775 bits per heavy atom. The Morgan fingerprint density at radius 3 is 2.02 bits per heavy atom. The van der Waals surface area contributed by atoms with Crippen LogP contribution in [0.5, 0.6) is 11.5 Å². The van der Waals surface area contributed by atoms with Gasteiger partial charge in [0.25, 0.3) is 30.3 Å². The second-order valence-electron chi connectivity index (χ2n) is 8.09. The van der Waals surface area contributed by atoms with Gasteiger partial charge in [0.2, 0.25) is 0 Å². The summed E-state index contributed by atoms with van der Waals surface area (Å²) in [7, 11) is -12.2. The number of phenolic OH excluding ortho intramolecular Hbond substituents is 2. The van der Waals surface area contributed by atoms with E-state index in [1.165, 1.54) is 43.4 Å². The number of phenols is 2. The van der Waals surface area contributed by atoms with E-state index in [1.807, 2.05) is 0 Å². The van der Waals surface area contributed by atoms with Crippen molar-refractivity contribution in [3.8, 4) is 11.5 Å². The molecule has 4 aromatic carbocycles. The Labute approximate surface area is 239 Å². The van der Waals surface area contributed by atoms with Crippen LogP contribution in [0.3, 0.4) is 0 Å². The van der Waals surface area contributed by atoms with Crippen LogP contribution in [-0.2, 0) is 47.3 Å². The van der Waals surface area contributed by atoms with Crippen LogP contribution in [-0.4, -0.2) is 51.6 Å². The molecule has 4 N–H and O–H groups in total. The van der Waals surface area contributed by atoms with Crippen molar-refractivity contribution in [2.45, 2.75) is 9.79 Å². The summed E-state index contributed by atoms with van der Waals surface area (Å²) in [4.78, 5) is -1.30. The minimum atomic E-state index is -4.96. The van der Waals surface area contributed by atoms with E-state index < -0.39 is 57.2 Å². The molecule has 0 saturated heterocycles. The molecule has 0 heterocycles. The van der Waals surface area contributed by atoms with Crippen LogP contribution >= 0.6 is 0 Å². The molecule has 0 aromatic heterocycles. The number of azo groups is 1. The van der Waals surface area contributed by atoms with Crippen molar-refractivity contribution in [3.05, 3.63) is 66.6 Å². The van der Waals surface area contributed by atoms with Crippen LogP contribution in [0.4, 0.5) is 17.1 Å². The molecule has 1 radical (unpaired) electrons. The Hall–Kier alpha value is -3.57. The summed E-state index contributed by atoms with van der Waals surface area (Å²) in [6.07, 6.45) is 0. The summed E-state index contributed by atoms with van der Waals surface area (Å²) in [5, 5.41) is 29.8. The summed E-state index contributed by atoms with van der Waals surface area (Å²) < 4.78 is 91.9. The molecule has 4 rings (SSSR count). The number of benzene rings is 4. The third kappa shape index (κ3) is 5.66. The summed E-state index contributed by atoms with van der Waals surface area (Å²) in [5.41, 5.74) is -0.911. The van der Waals surface area contributed by atoms with Crippen LogP contribution in [0.25, 0.3) is 21.5 Å². The van der Waals surface area contributed by atoms with Gasteiger partial charge in [-0.3, -0.25) is 13.4 Å². The van der Waals surface area contributed by atoms with E-state index in [4.69, 9.17) is 0 Å². The van der Waals surface area contributed by atoms with E-state index in [1.54, 1.807) is 0 Å². The Morgan fingerprint density at radius 2 is 1.43 bits per heavy atom. The first-order valence-corrected chi connectivity index (χ1v) is 15.0. The van der Waals surface area contributed by atoms with Gasteiger partial charge in [-0.1, -0.05) is 30.8 Å². The average Bonchev–Trinajstić information content (AvgIpc) is 2.87. The normalized spacial score (nSPS) is 12.5. The van der Waals surface area contributed by atoms with Crippen LogP contribution in [0.15, 0.2) is 86.6 Å². The molecule has 0 fully saturated rings. The van der Waals surface area contributed by atoms with Crippen LogP contribution in [0, 0.1) is 0 Å². The second kappa shape index (κ2) is 10.8. The smallest absolute Gasteiger partial charge is 0.296 e. The molecule has 0 aliphatic carbocycles. The fourth-order valence-electron chi connectivity index (χ4n) is 3.79. The summed E-state index contributed by atoms with van der Waals surface area (Å²) in [6, 6.07) is 11.0. The van der Waals surface area contributed by atoms with Gasteiger partial charge in [-0.05, 0) is 35.7 Å². The molecule has 0 spiro atoms. The van der Waals surface area contributed by atoms with Crippen molar-refractivity contribution in [2.24, 2.45) is 10.2 Å². The van der Waals surface area contributed by atoms with E-state index in [9.17, 15) is 44.6 Å². The maximum Gasteiger partial charge on any atom is 0.296 e. The third-order valence-electron chi connectivity index (χ3n) is 5.78. The molecule has 0 aliphatic heterocycles. The van der Waals surface area contributed by atoms with Gasteiger partial charge >= 0.3 is 0 Å². The number of anilines is 1. The molecular weight excluding hydrogens is 638 g/mol. The van der Waals surface area contributed by atoms with Crippen LogP contribution in [0.1, 0.15) is 0 Å². The summed E-state index contributed by atoms with van der Waals surface area (Å²) in [6.45, 7) is 3.24. The SMILES string of the molecule is C=CS(=O)(=O)N(C)c1ccc2cc(S(=O)(=O)O)c(N=Nc3ccc4c(S(=O)(=O)O)cccc4c3O)c(O)c2c1.[Cu]. The van der Waals surface area contributed by atoms with Crippen molar-refractivity contribution in [1.82, 2.24) is 0 Å². The molecule has 0 bridgehead atoms. The average molecular weight is 657 g/mol. The monoisotopic (exact) mass is 656 g/mol. The van der Waals surface area contributed by atoms with Crippen molar-refractivity contribution in [1.29, 1.82) is 0 Å². The van der Waals surface area contributed by atoms with Crippen LogP contribution < -0.4 is 4.31 Å². The molecule has 215 valence electrons. The molecule has 0 aliphatic rings. The summed E-state index contributed by atoms with van der Waals surface area (Å²) in [5.74, 6) is -1.35. The second-order valence-corrected chi connectivity index (χ2v) is 12.8. The van der Waals surface area contributed by atoms with Crippen molar-refractivity contribution < 1.29 is 61.6 Å². The van der Waals surface area contributed by atoms with E-state index in [-0.39, 0.29) is 50.0 Å². The fourth-order valence-corrected chi connectivity index (χ4v) is 5.78. The first-order valence-electron chi connectivity index (χ1n) is 10.6. The number of aromatic hydroxyl groups is 2. The molecule has 0 atom stereocenters. The maximum atomic E-state index is 12.2. The zero-order valence-electron chi connectivity index (χ0n) is 20.1. The Kier molecular flexibility index (Phi) is 8.34. The van der Waals surface area contributed by atoms with Crippen molar-refractivity contribution in [2.75, 3.05) is 11.4 Å². The summed E-state index contributed by atoms with van der Waals surface area (Å²) >= 11 is 0. The predicted molar refractivity (Wildman–Crippen MR) is 143 cm³/mol. The minimum Gasteiger partial charge on any atom is -0.505 e. The number of rotatable bonds is 7. The topological polar surface area (TPSA) is 211 Å². The number of fused-ring (bicyclic) bond motifs is 2. The number of sulfonamides is 1. The minimum absolute atomic E-state index is 0. The maximum absolute atomic E-state index is 12.2. The quantitative estimate of drug-likeness (QED) is 0.126. The molecular formula is C23H19CuN3O10S3. The third-order valence-corrected chi connectivity index (χ3v) is 8.95. The Bertz CT molecular complexity index is 2050. The van der Waals surface area contributed by atoms with Gasteiger partial charge in [0.15, 0.2) is 11.5 Å². The van der Waals surface area contributed by atoms with Gasteiger partial charge in [-0.25, -0.2) is 8.42 Å². The molecule has 17 heteroatoms. The molecule has 4 aromatic rings. The van der Waals surface area contributed by atoms with E-state index >= 15 is 0 Å². The van der Waals surface area contributed by atoms with Gasteiger partial charge in [0, 0.05) is 45.7 Å². The first kappa shape index (κ1) is 31.0. The zero-order chi connectivity index (χ0) is 28.9. The largest absolute Gasteiger partial charge is 0.505 e. The van der Waals surface area contributed by atoms with Crippen LogP contribution in [0.2, 0.25) is 0 Å². The molecule has 40 heavy (non-hydrogen) atoms. The van der Waals surface area contributed by atoms with Gasteiger partial charge in [-0.15, -0.1) is 10.2 Å². The number of nitrogens with zero attached hydrogens (tertiary/aromatic N) is 3. The van der Waals surface area contributed by atoms with Crippen molar-refractivity contribution >= 4 is 68.9 Å².